The number of benzene rings is 3. The van der Waals surface area contributed by atoms with E-state index in [0.29, 0.717) is 0 Å². The fourth-order valence-electron chi connectivity index (χ4n) is 2.41. The molecule has 0 fully saturated rings. The molecule has 0 atom stereocenters. The number of nitrogens with zero attached hydrogens (tertiary/aromatic N) is 2. The van der Waals surface area contributed by atoms with E-state index in [1.54, 1.807) is 10.2 Å². The Balaban J connectivity index is 1.79. The van der Waals surface area contributed by atoms with Gasteiger partial charge in [-0.3, -0.25) is 0 Å². The van der Waals surface area contributed by atoms with E-state index in [4.69, 9.17) is 5.11 Å². The third kappa shape index (κ3) is 5.31. The van der Waals surface area contributed by atoms with Gasteiger partial charge in [-0.15, -0.1) is 4.13 Å². The van der Waals surface area contributed by atoms with E-state index in [9.17, 15) is 26.7 Å². The van der Waals surface area contributed by atoms with Crippen LogP contribution in [0, 0.1) is 0 Å². The number of carboxylic acid groups (broad SMARTS) is 1. The van der Waals surface area contributed by atoms with Crippen molar-refractivity contribution in [2.45, 2.75) is 9.79 Å². The van der Waals surface area contributed by atoms with Crippen molar-refractivity contribution in [3.8, 4) is 5.75 Å². The molecule has 0 radical (unpaired) electrons. The van der Waals surface area contributed by atoms with Crippen molar-refractivity contribution in [1.29, 1.82) is 0 Å². The number of carbonyl (C=O) groups is 1. The first-order valence-corrected chi connectivity index (χ1v) is 11.5. The van der Waals surface area contributed by atoms with Gasteiger partial charge in [0.2, 0.25) is 0 Å². The SMILES string of the molecule is O=C(O)c1cc(N=Nc2ccc(S(=O)(=O)NS(=O)(=O)c3ccccc3)cc2)ccc1O. The summed E-state index contributed by atoms with van der Waals surface area (Å²) in [6.45, 7) is 0. The Labute approximate surface area is 177 Å². The first-order valence-electron chi connectivity index (χ1n) is 8.50. The number of azo groups is 1. The molecular weight excluding hydrogens is 446 g/mol. The molecule has 3 aromatic rings. The Morgan fingerprint density at radius 1 is 0.742 bits per heavy atom. The zero-order valence-corrected chi connectivity index (χ0v) is 17.2. The number of rotatable bonds is 7. The molecular formula is C19H15N3O7S2. The molecule has 10 nitrogen and oxygen atoms in total. The molecule has 0 bridgehead atoms. The molecule has 3 aromatic carbocycles. The van der Waals surface area contributed by atoms with Gasteiger partial charge in [-0.05, 0) is 54.6 Å². The van der Waals surface area contributed by atoms with E-state index in [1.165, 1.54) is 42.5 Å². The number of carboxylic acids is 1. The zero-order chi connectivity index (χ0) is 22.6. The second-order valence-electron chi connectivity index (χ2n) is 6.10. The molecule has 160 valence electrons. The molecule has 0 heterocycles. The zero-order valence-electron chi connectivity index (χ0n) is 15.6. The monoisotopic (exact) mass is 461 g/mol. The molecule has 0 saturated carbocycles. The minimum Gasteiger partial charge on any atom is -0.507 e. The molecule has 0 saturated heterocycles. The van der Waals surface area contributed by atoms with Gasteiger partial charge in [0.05, 0.1) is 21.2 Å². The van der Waals surface area contributed by atoms with E-state index in [-0.39, 0.29) is 26.7 Å². The topological polar surface area (TPSA) is 163 Å². The maximum Gasteiger partial charge on any atom is 0.339 e. The predicted octanol–water partition coefficient (Wildman–Crippen LogP) is 3.17. The smallest absolute Gasteiger partial charge is 0.339 e. The Morgan fingerprint density at radius 3 is 1.84 bits per heavy atom. The second kappa shape index (κ2) is 8.63. The lowest BCUT2D eigenvalue weighted by atomic mass is 10.2. The standard InChI is InChI=1S/C19H15N3O7S2/c23-18-11-8-14(12-17(18)19(24)25)21-20-13-6-9-16(10-7-13)31(28,29)22-30(26,27)15-4-2-1-3-5-15/h1-12,22-23H,(H,24,25). The van der Waals surface area contributed by atoms with Gasteiger partial charge in [0.15, 0.2) is 0 Å². The van der Waals surface area contributed by atoms with Crippen LogP contribution >= 0.6 is 0 Å². The van der Waals surface area contributed by atoms with Crippen LogP contribution in [0.3, 0.4) is 0 Å². The summed E-state index contributed by atoms with van der Waals surface area (Å²) in [4.78, 5) is 10.5. The lowest BCUT2D eigenvalue weighted by molar-refractivity contribution is 0.0693. The summed E-state index contributed by atoms with van der Waals surface area (Å²) in [6, 6.07) is 15.6. The van der Waals surface area contributed by atoms with Crippen molar-refractivity contribution >= 4 is 37.4 Å². The number of nitrogens with one attached hydrogen (secondary N) is 1. The van der Waals surface area contributed by atoms with Crippen molar-refractivity contribution in [3.63, 3.8) is 0 Å². The predicted molar refractivity (Wildman–Crippen MR) is 110 cm³/mol. The number of hydrogen-bond acceptors (Lipinski definition) is 8. The minimum absolute atomic E-state index is 0.155. The van der Waals surface area contributed by atoms with Crippen LogP contribution in [0.4, 0.5) is 11.4 Å². The van der Waals surface area contributed by atoms with Gasteiger partial charge < -0.3 is 10.2 Å². The Kier molecular flexibility index (Phi) is 6.15. The summed E-state index contributed by atoms with van der Waals surface area (Å²) in [5.74, 6) is -1.75. The third-order valence-electron chi connectivity index (χ3n) is 3.91. The number of aromatic hydroxyl groups is 1. The van der Waals surface area contributed by atoms with Crippen LogP contribution in [0.25, 0.3) is 0 Å². The van der Waals surface area contributed by atoms with Crippen LogP contribution in [0.1, 0.15) is 10.4 Å². The number of sulfonamides is 2. The highest BCUT2D eigenvalue weighted by atomic mass is 32.3. The lowest BCUT2D eigenvalue weighted by Gasteiger charge is -2.08. The largest absolute Gasteiger partial charge is 0.507 e. The molecule has 0 aromatic heterocycles. The second-order valence-corrected chi connectivity index (χ2v) is 9.73. The van der Waals surface area contributed by atoms with E-state index < -0.39 is 31.8 Å². The van der Waals surface area contributed by atoms with Gasteiger partial charge in [-0.25, -0.2) is 21.6 Å². The number of hydrogen-bond donors (Lipinski definition) is 3. The van der Waals surface area contributed by atoms with Crippen molar-refractivity contribution in [3.05, 3.63) is 78.4 Å². The van der Waals surface area contributed by atoms with Crippen LogP contribution in [0.15, 0.2) is 92.8 Å². The van der Waals surface area contributed by atoms with Gasteiger partial charge in [-0.1, -0.05) is 18.2 Å². The van der Waals surface area contributed by atoms with E-state index in [2.05, 4.69) is 10.2 Å². The highest BCUT2D eigenvalue weighted by Crippen LogP contribution is 2.25. The van der Waals surface area contributed by atoms with Gasteiger partial charge in [0.1, 0.15) is 11.3 Å². The van der Waals surface area contributed by atoms with Gasteiger partial charge in [-0.2, -0.15) is 10.2 Å². The first-order chi connectivity index (χ1) is 14.6. The summed E-state index contributed by atoms with van der Waals surface area (Å²) in [5, 5.41) is 26.2. The third-order valence-corrected chi connectivity index (χ3v) is 7.45. The maximum atomic E-state index is 12.4. The fourth-order valence-corrected chi connectivity index (χ4v) is 5.34. The van der Waals surface area contributed by atoms with Crippen LogP contribution < -0.4 is 4.13 Å². The summed E-state index contributed by atoms with van der Waals surface area (Å²) in [7, 11) is -8.66. The maximum absolute atomic E-state index is 12.4. The summed E-state index contributed by atoms with van der Waals surface area (Å²) in [5.41, 5.74) is 0.0425. The van der Waals surface area contributed by atoms with Gasteiger partial charge in [0.25, 0.3) is 20.0 Å². The molecule has 12 heteroatoms. The van der Waals surface area contributed by atoms with Crippen LogP contribution in [-0.2, 0) is 20.0 Å². The van der Waals surface area contributed by atoms with Gasteiger partial charge >= 0.3 is 5.97 Å². The molecule has 31 heavy (non-hydrogen) atoms. The number of aromatic carboxylic acids is 1. The highest BCUT2D eigenvalue weighted by Gasteiger charge is 2.24. The normalized spacial score (nSPS) is 12.1. The molecule has 0 unspecified atom stereocenters. The molecule has 0 spiro atoms. The molecule has 0 aliphatic carbocycles. The molecule has 3 N–H and O–H groups in total. The Bertz CT molecular complexity index is 1350. The number of phenols is 1. The first kappa shape index (κ1) is 22.1. The van der Waals surface area contributed by atoms with Crippen LogP contribution in [-0.4, -0.2) is 33.0 Å². The van der Waals surface area contributed by atoms with Crippen LogP contribution in [0.5, 0.6) is 5.75 Å². The van der Waals surface area contributed by atoms with Gasteiger partial charge in [0, 0.05) is 0 Å². The van der Waals surface area contributed by atoms with Crippen molar-refractivity contribution in [2.75, 3.05) is 0 Å². The Morgan fingerprint density at radius 2 is 1.26 bits per heavy atom. The van der Waals surface area contributed by atoms with E-state index >= 15 is 0 Å². The molecule has 0 amide bonds. The average molecular weight is 461 g/mol. The highest BCUT2D eigenvalue weighted by molar-refractivity contribution is 8.04. The fraction of sp³-hybridized carbons (Fsp3) is 0. The summed E-state index contributed by atoms with van der Waals surface area (Å²) >= 11 is 0. The Hall–Kier alpha value is -3.61. The quantitative estimate of drug-likeness (QED) is 0.455. The molecule has 0 aliphatic rings. The average Bonchev–Trinajstić information content (AvgIpc) is 2.73. The molecule has 0 aliphatic heterocycles. The van der Waals surface area contributed by atoms with Crippen LogP contribution in [0.2, 0.25) is 0 Å². The lowest BCUT2D eigenvalue weighted by Crippen LogP contribution is -2.30. The summed E-state index contributed by atoms with van der Waals surface area (Å²) < 4.78 is 51.0. The van der Waals surface area contributed by atoms with Crippen molar-refractivity contribution < 1.29 is 31.8 Å². The van der Waals surface area contributed by atoms with Crippen molar-refractivity contribution in [2.24, 2.45) is 10.2 Å². The minimum atomic E-state index is -4.37. The summed E-state index contributed by atoms with van der Waals surface area (Å²) in [6.07, 6.45) is 0. The van der Waals surface area contributed by atoms with Crippen molar-refractivity contribution in [1.82, 2.24) is 4.13 Å². The van der Waals surface area contributed by atoms with E-state index in [1.807, 2.05) is 0 Å². The van der Waals surface area contributed by atoms with E-state index in [0.717, 1.165) is 24.3 Å². The molecule has 3 rings (SSSR count).